The number of benzene rings is 1. The third kappa shape index (κ3) is 2.83. The molecular formula is C16H15N5O. The van der Waals surface area contributed by atoms with E-state index < -0.39 is 0 Å². The maximum Gasteiger partial charge on any atom is 0.203 e. The fourth-order valence-electron chi connectivity index (χ4n) is 2.15. The van der Waals surface area contributed by atoms with Gasteiger partial charge in [-0.25, -0.2) is 4.98 Å². The molecule has 0 amide bonds. The lowest BCUT2D eigenvalue weighted by Gasteiger charge is -2.08. The van der Waals surface area contributed by atoms with Crippen molar-refractivity contribution in [3.63, 3.8) is 0 Å². The van der Waals surface area contributed by atoms with E-state index in [1.807, 2.05) is 17.7 Å². The Labute approximate surface area is 128 Å². The lowest BCUT2D eigenvalue weighted by atomic mass is 10.2. The molecule has 110 valence electrons. The number of hydrogen-bond donors (Lipinski definition) is 1. The van der Waals surface area contributed by atoms with E-state index in [2.05, 4.69) is 21.4 Å². The van der Waals surface area contributed by atoms with Gasteiger partial charge in [0.05, 0.1) is 35.4 Å². The Hall–Kier alpha value is -3.07. The predicted molar refractivity (Wildman–Crippen MR) is 83.7 cm³/mol. The molecule has 0 aliphatic rings. The van der Waals surface area contributed by atoms with Crippen LogP contribution in [-0.2, 0) is 7.05 Å². The van der Waals surface area contributed by atoms with Gasteiger partial charge in [0.1, 0.15) is 12.4 Å². The lowest BCUT2D eigenvalue weighted by Crippen LogP contribution is -2.14. The monoisotopic (exact) mass is 293 g/mol. The number of ether oxygens (including phenoxy) is 1. The zero-order valence-corrected chi connectivity index (χ0v) is 12.2. The zero-order valence-electron chi connectivity index (χ0n) is 12.2. The minimum Gasteiger partial charge on any atom is -0.492 e. The Bertz CT molecular complexity index is 817. The van der Waals surface area contributed by atoms with Gasteiger partial charge in [0.2, 0.25) is 5.95 Å². The molecule has 6 heteroatoms. The first kappa shape index (κ1) is 13.9. The van der Waals surface area contributed by atoms with Crippen LogP contribution in [0.1, 0.15) is 5.56 Å². The van der Waals surface area contributed by atoms with Crippen LogP contribution < -0.4 is 10.1 Å². The Morgan fingerprint density at radius 2 is 2.09 bits per heavy atom. The van der Waals surface area contributed by atoms with E-state index in [1.165, 1.54) is 0 Å². The van der Waals surface area contributed by atoms with E-state index in [0.29, 0.717) is 18.7 Å². The van der Waals surface area contributed by atoms with Crippen molar-refractivity contribution < 1.29 is 4.74 Å². The predicted octanol–water partition coefficient (Wildman–Crippen LogP) is 2.33. The number of pyridine rings is 1. The number of nitrogens with one attached hydrogen (secondary N) is 1. The number of nitriles is 1. The van der Waals surface area contributed by atoms with Gasteiger partial charge in [-0.3, -0.25) is 4.98 Å². The molecule has 0 unspecified atom stereocenters. The molecule has 6 nitrogen and oxygen atoms in total. The molecule has 2 aromatic heterocycles. The molecule has 0 radical (unpaired) electrons. The van der Waals surface area contributed by atoms with Gasteiger partial charge in [0, 0.05) is 13.2 Å². The Morgan fingerprint density at radius 1 is 1.27 bits per heavy atom. The minimum absolute atomic E-state index is 0.507. The number of rotatable bonds is 5. The molecule has 1 aromatic carbocycles. The van der Waals surface area contributed by atoms with Crippen molar-refractivity contribution in [3.8, 4) is 11.8 Å². The van der Waals surface area contributed by atoms with Crippen molar-refractivity contribution in [1.82, 2.24) is 14.5 Å². The summed E-state index contributed by atoms with van der Waals surface area (Å²) in [7, 11) is 1.95. The largest absolute Gasteiger partial charge is 0.492 e. The SMILES string of the molecule is Cn1c(NCCOc2ccc(C#N)cc2)nc2ccncc21. The van der Waals surface area contributed by atoms with Crippen molar-refractivity contribution in [3.05, 3.63) is 48.3 Å². The second-order valence-electron chi connectivity index (χ2n) is 4.77. The number of nitrogens with zero attached hydrogens (tertiary/aromatic N) is 4. The van der Waals surface area contributed by atoms with Crippen molar-refractivity contribution in [1.29, 1.82) is 5.26 Å². The maximum atomic E-state index is 8.74. The van der Waals surface area contributed by atoms with Crippen molar-refractivity contribution >= 4 is 17.0 Å². The normalized spacial score (nSPS) is 10.4. The van der Waals surface area contributed by atoms with Crippen LogP contribution in [0.15, 0.2) is 42.7 Å². The van der Waals surface area contributed by atoms with Crippen molar-refractivity contribution in [2.24, 2.45) is 7.05 Å². The number of hydrogen-bond acceptors (Lipinski definition) is 5. The van der Waals surface area contributed by atoms with Gasteiger partial charge >= 0.3 is 0 Å². The molecule has 3 rings (SSSR count). The third-order valence-electron chi connectivity index (χ3n) is 3.32. The van der Waals surface area contributed by atoms with Crippen molar-refractivity contribution in [2.75, 3.05) is 18.5 Å². The van der Waals surface area contributed by atoms with Crippen LogP contribution >= 0.6 is 0 Å². The summed E-state index contributed by atoms with van der Waals surface area (Å²) in [5, 5.41) is 12.0. The number of anilines is 1. The summed E-state index contributed by atoms with van der Waals surface area (Å²) < 4.78 is 7.58. The first-order valence-electron chi connectivity index (χ1n) is 6.91. The molecule has 2 heterocycles. The van der Waals surface area contributed by atoms with Crippen molar-refractivity contribution in [2.45, 2.75) is 0 Å². The summed E-state index contributed by atoms with van der Waals surface area (Å²) in [5.74, 6) is 1.53. The molecule has 22 heavy (non-hydrogen) atoms. The quantitative estimate of drug-likeness (QED) is 0.731. The molecule has 0 spiro atoms. The van der Waals surface area contributed by atoms with Crippen LogP contribution in [0, 0.1) is 11.3 Å². The third-order valence-corrected chi connectivity index (χ3v) is 3.32. The topological polar surface area (TPSA) is 75.8 Å². The zero-order chi connectivity index (χ0) is 15.4. The van der Waals surface area contributed by atoms with E-state index in [4.69, 9.17) is 10.00 Å². The Balaban J connectivity index is 1.56. The summed E-state index contributed by atoms with van der Waals surface area (Å²) in [6.45, 7) is 1.14. The van der Waals surface area contributed by atoms with Crippen LogP contribution in [0.25, 0.3) is 11.0 Å². The molecular weight excluding hydrogens is 278 g/mol. The highest BCUT2D eigenvalue weighted by atomic mass is 16.5. The highest BCUT2D eigenvalue weighted by Gasteiger charge is 2.06. The van der Waals surface area contributed by atoms with E-state index in [0.717, 1.165) is 22.7 Å². The molecule has 1 N–H and O–H groups in total. The van der Waals surface area contributed by atoms with Gasteiger partial charge in [-0.2, -0.15) is 5.26 Å². The number of aryl methyl sites for hydroxylation is 1. The first-order valence-corrected chi connectivity index (χ1v) is 6.91. The van der Waals surface area contributed by atoms with Gasteiger partial charge < -0.3 is 14.6 Å². The summed E-state index contributed by atoms with van der Waals surface area (Å²) in [4.78, 5) is 8.60. The minimum atomic E-state index is 0.507. The summed E-state index contributed by atoms with van der Waals surface area (Å²) >= 11 is 0. The number of aromatic nitrogens is 3. The second kappa shape index (κ2) is 6.14. The molecule has 0 saturated carbocycles. The van der Waals surface area contributed by atoms with E-state index >= 15 is 0 Å². The molecule has 0 atom stereocenters. The van der Waals surface area contributed by atoms with E-state index in [-0.39, 0.29) is 0 Å². The highest BCUT2D eigenvalue weighted by Crippen LogP contribution is 2.16. The van der Waals surface area contributed by atoms with Gasteiger partial charge in [-0.05, 0) is 30.3 Å². The summed E-state index contributed by atoms with van der Waals surface area (Å²) in [5.41, 5.74) is 2.52. The highest BCUT2D eigenvalue weighted by molar-refractivity contribution is 5.77. The van der Waals surface area contributed by atoms with E-state index in [9.17, 15) is 0 Å². The molecule has 0 saturated heterocycles. The Morgan fingerprint density at radius 3 is 2.82 bits per heavy atom. The lowest BCUT2D eigenvalue weighted by molar-refractivity contribution is 0.332. The average Bonchev–Trinajstić information content (AvgIpc) is 2.89. The smallest absolute Gasteiger partial charge is 0.203 e. The van der Waals surface area contributed by atoms with Crippen LogP contribution in [0.4, 0.5) is 5.95 Å². The van der Waals surface area contributed by atoms with Gasteiger partial charge in [0.25, 0.3) is 0 Å². The second-order valence-corrected chi connectivity index (χ2v) is 4.77. The van der Waals surface area contributed by atoms with Crippen LogP contribution in [0.2, 0.25) is 0 Å². The maximum absolute atomic E-state index is 8.74. The average molecular weight is 293 g/mol. The van der Waals surface area contributed by atoms with Crippen LogP contribution in [-0.4, -0.2) is 27.7 Å². The molecule has 0 bridgehead atoms. The molecule has 0 aliphatic heterocycles. The molecule has 0 fully saturated rings. The first-order chi connectivity index (χ1) is 10.8. The number of imidazole rings is 1. The molecule has 3 aromatic rings. The van der Waals surface area contributed by atoms with Gasteiger partial charge in [-0.15, -0.1) is 0 Å². The van der Waals surface area contributed by atoms with Gasteiger partial charge in [-0.1, -0.05) is 0 Å². The van der Waals surface area contributed by atoms with Gasteiger partial charge in [0.15, 0.2) is 0 Å². The van der Waals surface area contributed by atoms with Crippen LogP contribution in [0.5, 0.6) is 5.75 Å². The van der Waals surface area contributed by atoms with Crippen LogP contribution in [0.3, 0.4) is 0 Å². The Kier molecular flexibility index (Phi) is 3.88. The summed E-state index contributed by atoms with van der Waals surface area (Å²) in [6, 6.07) is 11.0. The number of fused-ring (bicyclic) bond motifs is 1. The summed E-state index contributed by atoms with van der Waals surface area (Å²) in [6.07, 6.45) is 3.52. The molecule has 0 aliphatic carbocycles. The van der Waals surface area contributed by atoms with E-state index in [1.54, 1.807) is 36.7 Å². The fourth-order valence-corrected chi connectivity index (χ4v) is 2.15. The fraction of sp³-hybridized carbons (Fsp3) is 0.188. The standard InChI is InChI=1S/C16H15N5O/c1-21-15-11-18-7-6-14(15)20-16(21)19-8-9-22-13-4-2-12(10-17)3-5-13/h2-7,11H,8-9H2,1H3,(H,19,20).